The van der Waals surface area contributed by atoms with E-state index in [0.717, 1.165) is 17.9 Å². The zero-order chi connectivity index (χ0) is 15.4. The summed E-state index contributed by atoms with van der Waals surface area (Å²) in [5, 5.41) is 9.05. The van der Waals surface area contributed by atoms with Gasteiger partial charge in [0.1, 0.15) is 11.9 Å². The number of aromatic nitrogens is 4. The SMILES string of the molecule is CCc1nc([C@@H]2CN(C(=O)CCc3cscn3)CCO2)n[nH]1. The topological polar surface area (TPSA) is 84.0 Å². The van der Waals surface area contributed by atoms with E-state index in [9.17, 15) is 4.79 Å². The van der Waals surface area contributed by atoms with Crippen molar-refractivity contribution in [1.29, 1.82) is 0 Å². The van der Waals surface area contributed by atoms with Gasteiger partial charge in [0.15, 0.2) is 5.82 Å². The molecule has 0 spiro atoms. The second kappa shape index (κ2) is 6.97. The van der Waals surface area contributed by atoms with Crippen molar-refractivity contribution in [3.05, 3.63) is 28.2 Å². The number of hydrogen-bond donors (Lipinski definition) is 1. The number of amides is 1. The number of morpholine rings is 1. The molecular formula is C14H19N5O2S. The van der Waals surface area contributed by atoms with E-state index in [-0.39, 0.29) is 12.0 Å². The molecule has 2 aromatic rings. The van der Waals surface area contributed by atoms with Crippen LogP contribution in [0.1, 0.15) is 36.8 Å². The van der Waals surface area contributed by atoms with Gasteiger partial charge in [-0.3, -0.25) is 9.89 Å². The van der Waals surface area contributed by atoms with Crippen LogP contribution in [-0.4, -0.2) is 50.7 Å². The van der Waals surface area contributed by atoms with Gasteiger partial charge in [0.25, 0.3) is 0 Å². The van der Waals surface area contributed by atoms with Gasteiger partial charge in [-0.05, 0) is 6.42 Å². The predicted molar refractivity (Wildman–Crippen MR) is 81.5 cm³/mol. The highest BCUT2D eigenvalue weighted by atomic mass is 32.1. The van der Waals surface area contributed by atoms with Gasteiger partial charge in [0.05, 0.1) is 24.4 Å². The molecule has 22 heavy (non-hydrogen) atoms. The molecule has 0 aliphatic carbocycles. The molecule has 3 rings (SSSR count). The van der Waals surface area contributed by atoms with Crippen molar-refractivity contribution in [3.63, 3.8) is 0 Å². The number of ether oxygens (including phenoxy) is 1. The van der Waals surface area contributed by atoms with E-state index in [1.807, 2.05) is 17.2 Å². The van der Waals surface area contributed by atoms with Crippen LogP contribution in [-0.2, 0) is 22.4 Å². The fourth-order valence-electron chi connectivity index (χ4n) is 2.40. The van der Waals surface area contributed by atoms with E-state index < -0.39 is 0 Å². The van der Waals surface area contributed by atoms with Crippen LogP contribution < -0.4 is 0 Å². The summed E-state index contributed by atoms with van der Waals surface area (Å²) in [6.45, 7) is 3.66. The van der Waals surface area contributed by atoms with Gasteiger partial charge in [-0.1, -0.05) is 6.92 Å². The maximum absolute atomic E-state index is 12.3. The second-order valence-corrected chi connectivity index (χ2v) is 5.89. The molecule has 0 bridgehead atoms. The Hall–Kier alpha value is -1.80. The number of nitrogens with one attached hydrogen (secondary N) is 1. The van der Waals surface area contributed by atoms with E-state index in [4.69, 9.17) is 4.74 Å². The minimum atomic E-state index is -0.242. The van der Waals surface area contributed by atoms with Crippen LogP contribution in [0.25, 0.3) is 0 Å². The van der Waals surface area contributed by atoms with Crippen molar-refractivity contribution >= 4 is 17.2 Å². The van der Waals surface area contributed by atoms with Crippen LogP contribution >= 0.6 is 11.3 Å². The Bertz CT molecular complexity index is 613. The monoisotopic (exact) mass is 321 g/mol. The van der Waals surface area contributed by atoms with Crippen LogP contribution in [0.2, 0.25) is 0 Å². The lowest BCUT2D eigenvalue weighted by Crippen LogP contribution is -2.42. The van der Waals surface area contributed by atoms with Crippen LogP contribution in [0.4, 0.5) is 0 Å². The lowest BCUT2D eigenvalue weighted by molar-refractivity contribution is -0.139. The van der Waals surface area contributed by atoms with Crippen LogP contribution in [0.3, 0.4) is 0 Å². The predicted octanol–water partition coefficient (Wildman–Crippen LogP) is 1.36. The Balaban J connectivity index is 1.56. The first-order chi connectivity index (χ1) is 10.8. The summed E-state index contributed by atoms with van der Waals surface area (Å²) < 4.78 is 5.70. The van der Waals surface area contributed by atoms with Crippen molar-refractivity contribution in [2.75, 3.05) is 19.7 Å². The summed E-state index contributed by atoms with van der Waals surface area (Å²) in [5.74, 6) is 1.60. The normalized spacial score (nSPS) is 18.6. The van der Waals surface area contributed by atoms with Gasteiger partial charge >= 0.3 is 0 Å². The van der Waals surface area contributed by atoms with Crippen molar-refractivity contribution < 1.29 is 9.53 Å². The third kappa shape index (κ3) is 3.50. The molecular weight excluding hydrogens is 302 g/mol. The van der Waals surface area contributed by atoms with Crippen molar-refractivity contribution in [3.8, 4) is 0 Å². The Kier molecular flexibility index (Phi) is 4.79. The number of H-pyrrole nitrogens is 1. The molecule has 1 aliphatic rings. The fraction of sp³-hybridized carbons (Fsp3) is 0.571. The first kappa shape index (κ1) is 15.1. The lowest BCUT2D eigenvalue weighted by atomic mass is 10.2. The zero-order valence-electron chi connectivity index (χ0n) is 12.5. The summed E-state index contributed by atoms with van der Waals surface area (Å²) in [5.41, 5.74) is 2.77. The largest absolute Gasteiger partial charge is 0.366 e. The molecule has 0 unspecified atom stereocenters. The number of thiazole rings is 1. The van der Waals surface area contributed by atoms with E-state index in [1.165, 1.54) is 0 Å². The van der Waals surface area contributed by atoms with Crippen LogP contribution in [0, 0.1) is 0 Å². The summed E-state index contributed by atoms with van der Waals surface area (Å²) in [6.07, 6.45) is 1.72. The highest BCUT2D eigenvalue weighted by Gasteiger charge is 2.27. The van der Waals surface area contributed by atoms with Gasteiger partial charge in [0.2, 0.25) is 5.91 Å². The second-order valence-electron chi connectivity index (χ2n) is 5.17. The molecule has 1 aliphatic heterocycles. The smallest absolute Gasteiger partial charge is 0.223 e. The highest BCUT2D eigenvalue weighted by Crippen LogP contribution is 2.20. The average Bonchev–Trinajstić information content (AvgIpc) is 3.24. The molecule has 1 N–H and O–H groups in total. The molecule has 1 amide bonds. The van der Waals surface area contributed by atoms with E-state index >= 15 is 0 Å². The van der Waals surface area contributed by atoms with E-state index in [2.05, 4.69) is 20.2 Å². The van der Waals surface area contributed by atoms with Gasteiger partial charge < -0.3 is 9.64 Å². The third-order valence-electron chi connectivity index (χ3n) is 3.67. The third-order valence-corrected chi connectivity index (χ3v) is 4.30. The number of carbonyl (C=O) groups is 1. The summed E-state index contributed by atoms with van der Waals surface area (Å²) in [7, 11) is 0. The molecule has 0 radical (unpaired) electrons. The summed E-state index contributed by atoms with van der Waals surface area (Å²) >= 11 is 1.55. The Morgan fingerprint density at radius 1 is 1.59 bits per heavy atom. The lowest BCUT2D eigenvalue weighted by Gasteiger charge is -2.31. The number of nitrogens with zero attached hydrogens (tertiary/aromatic N) is 4. The van der Waals surface area contributed by atoms with Crippen molar-refractivity contribution in [2.24, 2.45) is 0 Å². The maximum Gasteiger partial charge on any atom is 0.223 e. The maximum atomic E-state index is 12.3. The molecule has 1 fully saturated rings. The number of aromatic amines is 1. The number of rotatable bonds is 5. The molecule has 3 heterocycles. The molecule has 2 aromatic heterocycles. The minimum Gasteiger partial charge on any atom is -0.366 e. The summed E-state index contributed by atoms with van der Waals surface area (Å²) in [6, 6.07) is 0. The quantitative estimate of drug-likeness (QED) is 0.899. The first-order valence-electron chi connectivity index (χ1n) is 7.44. The number of carbonyl (C=O) groups excluding carboxylic acids is 1. The zero-order valence-corrected chi connectivity index (χ0v) is 13.3. The van der Waals surface area contributed by atoms with Gasteiger partial charge in [0, 0.05) is 24.8 Å². The van der Waals surface area contributed by atoms with Gasteiger partial charge in [-0.2, -0.15) is 5.10 Å². The Morgan fingerprint density at radius 2 is 2.50 bits per heavy atom. The van der Waals surface area contributed by atoms with Gasteiger partial charge in [-0.25, -0.2) is 9.97 Å². The molecule has 0 aromatic carbocycles. The first-order valence-corrected chi connectivity index (χ1v) is 8.38. The number of hydrogen-bond acceptors (Lipinski definition) is 6. The molecule has 7 nitrogen and oxygen atoms in total. The van der Waals surface area contributed by atoms with Crippen molar-refractivity contribution in [1.82, 2.24) is 25.1 Å². The van der Waals surface area contributed by atoms with E-state index in [0.29, 0.717) is 38.4 Å². The Morgan fingerprint density at radius 3 is 3.23 bits per heavy atom. The van der Waals surface area contributed by atoms with Crippen molar-refractivity contribution in [2.45, 2.75) is 32.3 Å². The minimum absolute atomic E-state index is 0.132. The number of aryl methyl sites for hydroxylation is 2. The molecule has 1 atom stereocenters. The fourth-order valence-corrected chi connectivity index (χ4v) is 2.99. The van der Waals surface area contributed by atoms with E-state index in [1.54, 1.807) is 16.8 Å². The summed E-state index contributed by atoms with van der Waals surface area (Å²) in [4.78, 5) is 22.8. The highest BCUT2D eigenvalue weighted by molar-refractivity contribution is 7.07. The molecule has 0 saturated carbocycles. The van der Waals surface area contributed by atoms with Crippen LogP contribution in [0.5, 0.6) is 0 Å². The molecule has 118 valence electrons. The van der Waals surface area contributed by atoms with Crippen LogP contribution in [0.15, 0.2) is 10.9 Å². The molecule has 8 heteroatoms. The average molecular weight is 321 g/mol. The standard InChI is InChI=1S/C14H19N5O2S/c1-2-12-16-14(18-17-12)11-7-19(5-6-21-11)13(20)4-3-10-8-22-9-15-10/h8-9,11H,2-7H2,1H3,(H,16,17,18)/t11-/m0/s1. The van der Waals surface area contributed by atoms with Gasteiger partial charge in [-0.15, -0.1) is 11.3 Å². The molecule has 1 saturated heterocycles. The Labute approximate surface area is 132 Å².